The van der Waals surface area contributed by atoms with Crippen LogP contribution in [-0.2, 0) is 0 Å². The highest BCUT2D eigenvalue weighted by Gasteiger charge is 1.96. The Morgan fingerprint density at radius 1 is 1.33 bits per heavy atom. The highest BCUT2D eigenvalue weighted by Crippen LogP contribution is 2.11. The van der Waals surface area contributed by atoms with Gasteiger partial charge in [-0.1, -0.05) is 6.07 Å². The third-order valence-electron chi connectivity index (χ3n) is 1.58. The predicted octanol–water partition coefficient (Wildman–Crippen LogP) is 0.765. The fraction of sp³-hybridized carbons (Fsp3) is 0. The molecule has 0 spiro atoms. The Hall–Kier alpha value is -1.84. The lowest BCUT2D eigenvalue weighted by molar-refractivity contribution is 1.09. The molecular weight excluding hydrogens is 154 g/mol. The van der Waals surface area contributed by atoms with Crippen LogP contribution in [0.5, 0.6) is 0 Å². The molecule has 2 N–H and O–H groups in total. The lowest BCUT2D eigenvalue weighted by Crippen LogP contribution is -2.02. The monoisotopic (exact) mass is 161 g/mol. The maximum atomic E-state index is 10.9. The SMILES string of the molecule is O=c1cccc(-c2cn[nH]c2)[nH]1. The van der Waals surface area contributed by atoms with Gasteiger partial charge in [0.15, 0.2) is 0 Å². The Labute approximate surface area is 68.3 Å². The number of aromatic nitrogens is 3. The van der Waals surface area contributed by atoms with Crippen molar-refractivity contribution in [2.24, 2.45) is 0 Å². The van der Waals surface area contributed by atoms with E-state index >= 15 is 0 Å². The van der Waals surface area contributed by atoms with E-state index in [1.807, 2.05) is 6.07 Å². The lowest BCUT2D eigenvalue weighted by atomic mass is 10.2. The molecule has 4 heteroatoms. The van der Waals surface area contributed by atoms with E-state index in [1.54, 1.807) is 18.5 Å². The van der Waals surface area contributed by atoms with E-state index in [2.05, 4.69) is 15.2 Å². The van der Waals surface area contributed by atoms with Gasteiger partial charge in [-0.15, -0.1) is 0 Å². The maximum absolute atomic E-state index is 10.9. The van der Waals surface area contributed by atoms with E-state index in [9.17, 15) is 4.79 Å². The highest BCUT2D eigenvalue weighted by molar-refractivity contribution is 5.55. The van der Waals surface area contributed by atoms with Gasteiger partial charge in [-0.05, 0) is 6.07 Å². The van der Waals surface area contributed by atoms with E-state index in [4.69, 9.17) is 0 Å². The summed E-state index contributed by atoms with van der Waals surface area (Å²) in [4.78, 5) is 13.6. The smallest absolute Gasteiger partial charge is 0.248 e. The number of aromatic amines is 2. The molecule has 12 heavy (non-hydrogen) atoms. The van der Waals surface area contributed by atoms with Gasteiger partial charge >= 0.3 is 0 Å². The zero-order valence-electron chi connectivity index (χ0n) is 6.24. The second-order valence-electron chi connectivity index (χ2n) is 2.42. The molecule has 0 aliphatic carbocycles. The van der Waals surface area contributed by atoms with Crippen molar-refractivity contribution in [1.29, 1.82) is 0 Å². The molecule has 0 bridgehead atoms. The van der Waals surface area contributed by atoms with Gasteiger partial charge in [0.2, 0.25) is 5.56 Å². The van der Waals surface area contributed by atoms with E-state index in [0.717, 1.165) is 11.3 Å². The van der Waals surface area contributed by atoms with Crippen LogP contribution in [0.15, 0.2) is 35.4 Å². The summed E-state index contributed by atoms with van der Waals surface area (Å²) in [5, 5.41) is 6.46. The van der Waals surface area contributed by atoms with Crippen molar-refractivity contribution in [3.05, 3.63) is 40.9 Å². The number of nitrogens with zero attached hydrogens (tertiary/aromatic N) is 1. The molecule has 0 aliphatic heterocycles. The molecule has 0 radical (unpaired) electrons. The molecule has 2 aromatic heterocycles. The molecule has 2 aromatic rings. The van der Waals surface area contributed by atoms with E-state index in [1.165, 1.54) is 6.07 Å². The van der Waals surface area contributed by atoms with Gasteiger partial charge in [0.25, 0.3) is 0 Å². The normalized spacial score (nSPS) is 10.0. The standard InChI is InChI=1S/C8H7N3O/c12-8-3-1-2-7(11-8)6-4-9-10-5-6/h1-5H,(H,9,10)(H,11,12). The number of hydrogen-bond donors (Lipinski definition) is 2. The van der Waals surface area contributed by atoms with Gasteiger partial charge in [0, 0.05) is 17.8 Å². The molecule has 0 saturated heterocycles. The van der Waals surface area contributed by atoms with Crippen molar-refractivity contribution in [3.8, 4) is 11.3 Å². The number of pyridine rings is 1. The second kappa shape index (κ2) is 2.65. The molecule has 0 aromatic carbocycles. The summed E-state index contributed by atoms with van der Waals surface area (Å²) in [6.07, 6.45) is 3.39. The molecule has 0 atom stereocenters. The molecule has 4 nitrogen and oxygen atoms in total. The summed E-state index contributed by atoms with van der Waals surface area (Å²) in [6, 6.07) is 5.01. The first-order valence-electron chi connectivity index (χ1n) is 3.55. The molecule has 0 fully saturated rings. The van der Waals surface area contributed by atoms with Crippen molar-refractivity contribution in [2.75, 3.05) is 0 Å². The lowest BCUT2D eigenvalue weighted by Gasteiger charge is -1.93. The van der Waals surface area contributed by atoms with Gasteiger partial charge in [-0.2, -0.15) is 5.10 Å². The predicted molar refractivity (Wildman–Crippen MR) is 44.6 cm³/mol. The molecule has 0 aliphatic rings. The van der Waals surface area contributed by atoms with Gasteiger partial charge in [-0.3, -0.25) is 9.89 Å². The van der Waals surface area contributed by atoms with Crippen molar-refractivity contribution in [1.82, 2.24) is 15.2 Å². The Kier molecular flexibility index (Phi) is 1.51. The summed E-state index contributed by atoms with van der Waals surface area (Å²) < 4.78 is 0. The topological polar surface area (TPSA) is 61.5 Å². The van der Waals surface area contributed by atoms with Crippen molar-refractivity contribution in [3.63, 3.8) is 0 Å². The minimum Gasteiger partial charge on any atom is -0.322 e. The summed E-state index contributed by atoms with van der Waals surface area (Å²) in [7, 11) is 0. The van der Waals surface area contributed by atoms with Crippen molar-refractivity contribution >= 4 is 0 Å². The van der Waals surface area contributed by atoms with Crippen LogP contribution in [0, 0.1) is 0 Å². The summed E-state index contributed by atoms with van der Waals surface area (Å²) >= 11 is 0. The summed E-state index contributed by atoms with van der Waals surface area (Å²) in [5.74, 6) is 0. The molecule has 0 amide bonds. The minimum atomic E-state index is -0.103. The van der Waals surface area contributed by atoms with Gasteiger partial charge in [0.05, 0.1) is 11.9 Å². The Morgan fingerprint density at radius 2 is 2.25 bits per heavy atom. The molecule has 60 valence electrons. The average Bonchev–Trinajstić information content (AvgIpc) is 2.56. The van der Waals surface area contributed by atoms with Crippen molar-refractivity contribution in [2.45, 2.75) is 0 Å². The minimum absolute atomic E-state index is 0.103. The third kappa shape index (κ3) is 1.14. The average molecular weight is 161 g/mol. The van der Waals surface area contributed by atoms with Gasteiger partial charge in [-0.25, -0.2) is 0 Å². The number of nitrogens with one attached hydrogen (secondary N) is 2. The van der Waals surface area contributed by atoms with Crippen LogP contribution >= 0.6 is 0 Å². The van der Waals surface area contributed by atoms with E-state index in [-0.39, 0.29) is 5.56 Å². The quantitative estimate of drug-likeness (QED) is 0.648. The van der Waals surface area contributed by atoms with E-state index < -0.39 is 0 Å². The van der Waals surface area contributed by atoms with Crippen LogP contribution in [-0.4, -0.2) is 15.2 Å². The van der Waals surface area contributed by atoms with Crippen LogP contribution in [0.1, 0.15) is 0 Å². The first kappa shape index (κ1) is 6.84. The van der Waals surface area contributed by atoms with Crippen LogP contribution in [0.25, 0.3) is 11.3 Å². The van der Waals surface area contributed by atoms with Crippen LogP contribution in [0.2, 0.25) is 0 Å². The highest BCUT2D eigenvalue weighted by atomic mass is 16.1. The van der Waals surface area contributed by atoms with Gasteiger partial charge in [0.1, 0.15) is 0 Å². The largest absolute Gasteiger partial charge is 0.322 e. The zero-order valence-corrected chi connectivity index (χ0v) is 6.24. The second-order valence-corrected chi connectivity index (χ2v) is 2.42. The third-order valence-corrected chi connectivity index (χ3v) is 1.58. The number of H-pyrrole nitrogens is 2. The molecule has 0 saturated carbocycles. The molecule has 0 unspecified atom stereocenters. The first-order valence-corrected chi connectivity index (χ1v) is 3.55. The molecule has 2 heterocycles. The van der Waals surface area contributed by atoms with Gasteiger partial charge < -0.3 is 4.98 Å². The molecular formula is C8H7N3O. The van der Waals surface area contributed by atoms with Crippen LogP contribution in [0.3, 0.4) is 0 Å². The Balaban J connectivity index is 2.55. The number of hydrogen-bond acceptors (Lipinski definition) is 2. The fourth-order valence-corrected chi connectivity index (χ4v) is 1.01. The van der Waals surface area contributed by atoms with E-state index in [0.29, 0.717) is 0 Å². The summed E-state index contributed by atoms with van der Waals surface area (Å²) in [6.45, 7) is 0. The van der Waals surface area contributed by atoms with Crippen LogP contribution in [0.4, 0.5) is 0 Å². The van der Waals surface area contributed by atoms with Crippen molar-refractivity contribution < 1.29 is 0 Å². The zero-order chi connectivity index (χ0) is 8.39. The number of rotatable bonds is 1. The fourth-order valence-electron chi connectivity index (χ4n) is 1.01. The molecule has 2 rings (SSSR count). The van der Waals surface area contributed by atoms with Crippen LogP contribution < -0.4 is 5.56 Å². The summed E-state index contributed by atoms with van der Waals surface area (Å²) in [5.41, 5.74) is 1.55. The maximum Gasteiger partial charge on any atom is 0.248 e. The Morgan fingerprint density at radius 3 is 2.92 bits per heavy atom. The Bertz CT molecular complexity index is 416. The first-order chi connectivity index (χ1) is 5.86.